The first kappa shape index (κ1) is 8.74. The summed E-state index contributed by atoms with van der Waals surface area (Å²) in [7, 11) is 0. The van der Waals surface area contributed by atoms with Crippen LogP contribution in [0, 0.1) is 0 Å². The van der Waals surface area contributed by atoms with Crippen LogP contribution in [0.1, 0.15) is 5.69 Å². The van der Waals surface area contributed by atoms with E-state index in [1.807, 2.05) is 24.3 Å². The third-order valence-corrected chi connectivity index (χ3v) is 2.60. The monoisotopic (exact) mass is 240 g/mol. The van der Waals surface area contributed by atoms with Crippen LogP contribution >= 0.6 is 15.9 Å². The Bertz CT molecular complexity index is 424. The lowest BCUT2D eigenvalue weighted by Crippen LogP contribution is -1.98. The van der Waals surface area contributed by atoms with Gasteiger partial charge in [0.05, 0.1) is 0 Å². The number of halogens is 1. The van der Waals surface area contributed by atoms with Gasteiger partial charge in [0.1, 0.15) is 6.61 Å². The third kappa shape index (κ3) is 1.60. The fourth-order valence-electron chi connectivity index (χ4n) is 1.34. The summed E-state index contributed by atoms with van der Waals surface area (Å²) in [4.78, 5) is 7.75. The molecule has 0 saturated heterocycles. The quantitative estimate of drug-likeness (QED) is 0.792. The van der Waals surface area contributed by atoms with Crippen molar-refractivity contribution in [2.75, 3.05) is 0 Å². The molecule has 0 amide bonds. The van der Waals surface area contributed by atoms with Crippen molar-refractivity contribution in [3.8, 4) is 0 Å². The number of rotatable bonds is 2. The van der Waals surface area contributed by atoms with E-state index in [0.29, 0.717) is 6.61 Å². The minimum Gasteiger partial charge on any atom is -0.356 e. The third-order valence-electron chi connectivity index (χ3n) is 1.91. The molecular weight excluding hydrogens is 232 g/mol. The Hall–Kier alpha value is -0.840. The summed E-state index contributed by atoms with van der Waals surface area (Å²) in [6, 6.07) is 8.02. The Labute approximate surface area is 84.0 Å². The van der Waals surface area contributed by atoms with E-state index in [2.05, 4.69) is 25.8 Å². The Morgan fingerprint density at radius 1 is 1.46 bits per heavy atom. The van der Waals surface area contributed by atoms with Gasteiger partial charge in [0, 0.05) is 21.1 Å². The van der Waals surface area contributed by atoms with Crippen molar-refractivity contribution in [3.05, 3.63) is 34.4 Å². The number of aromatic amines is 1. The van der Waals surface area contributed by atoms with Crippen LogP contribution in [0.4, 0.5) is 0 Å². The number of hydrogen-bond donors (Lipinski definition) is 2. The molecule has 0 fully saturated rings. The highest BCUT2D eigenvalue weighted by Crippen LogP contribution is 2.24. The molecule has 0 atom stereocenters. The van der Waals surface area contributed by atoms with E-state index in [1.54, 1.807) is 0 Å². The van der Waals surface area contributed by atoms with Gasteiger partial charge in [0.25, 0.3) is 0 Å². The van der Waals surface area contributed by atoms with Gasteiger partial charge in [-0.25, -0.2) is 5.90 Å². The average Bonchev–Trinajstić information content (AvgIpc) is 2.49. The minimum absolute atomic E-state index is 0.404. The minimum atomic E-state index is 0.404. The lowest BCUT2D eigenvalue weighted by molar-refractivity contribution is 0.122. The van der Waals surface area contributed by atoms with E-state index >= 15 is 0 Å². The van der Waals surface area contributed by atoms with Crippen LogP contribution in [0.5, 0.6) is 0 Å². The maximum absolute atomic E-state index is 4.99. The van der Waals surface area contributed by atoms with Gasteiger partial charge in [-0.1, -0.05) is 22.0 Å². The van der Waals surface area contributed by atoms with Crippen molar-refractivity contribution in [3.63, 3.8) is 0 Å². The number of aromatic nitrogens is 1. The van der Waals surface area contributed by atoms with E-state index in [4.69, 9.17) is 5.90 Å². The molecule has 0 aliphatic carbocycles. The SMILES string of the molecule is NOCc1cc2c(Br)cccc2[nH]1. The largest absolute Gasteiger partial charge is 0.356 e. The summed E-state index contributed by atoms with van der Waals surface area (Å²) >= 11 is 3.47. The molecule has 2 aromatic rings. The molecular formula is C9H9BrN2O. The summed E-state index contributed by atoms with van der Waals surface area (Å²) in [6.07, 6.45) is 0. The summed E-state index contributed by atoms with van der Waals surface area (Å²) in [6.45, 7) is 0.404. The van der Waals surface area contributed by atoms with Crippen LogP contribution in [-0.4, -0.2) is 4.98 Å². The van der Waals surface area contributed by atoms with Gasteiger partial charge in [-0.15, -0.1) is 0 Å². The second-order valence-electron chi connectivity index (χ2n) is 2.81. The Morgan fingerprint density at radius 3 is 3.00 bits per heavy atom. The van der Waals surface area contributed by atoms with Crippen LogP contribution < -0.4 is 5.90 Å². The molecule has 1 aromatic heterocycles. The standard InChI is InChI=1S/C9H9BrN2O/c10-8-2-1-3-9-7(8)4-6(12-9)5-13-11/h1-4,12H,5,11H2. The summed E-state index contributed by atoms with van der Waals surface area (Å²) in [5.41, 5.74) is 2.06. The molecule has 0 unspecified atom stereocenters. The maximum atomic E-state index is 4.99. The topological polar surface area (TPSA) is 51.0 Å². The van der Waals surface area contributed by atoms with E-state index in [9.17, 15) is 0 Å². The number of hydrogen-bond acceptors (Lipinski definition) is 2. The second kappa shape index (κ2) is 3.49. The molecule has 1 aromatic carbocycles. The lowest BCUT2D eigenvalue weighted by atomic mass is 10.2. The normalized spacial score (nSPS) is 10.9. The van der Waals surface area contributed by atoms with Gasteiger partial charge < -0.3 is 4.98 Å². The van der Waals surface area contributed by atoms with Gasteiger partial charge in [0.2, 0.25) is 0 Å². The zero-order valence-electron chi connectivity index (χ0n) is 6.88. The highest BCUT2D eigenvalue weighted by Gasteiger charge is 2.02. The Morgan fingerprint density at radius 2 is 2.31 bits per heavy atom. The molecule has 0 aliphatic heterocycles. The van der Waals surface area contributed by atoms with Gasteiger partial charge in [-0.2, -0.15) is 0 Å². The molecule has 0 bridgehead atoms. The Kier molecular flexibility index (Phi) is 2.35. The summed E-state index contributed by atoms with van der Waals surface area (Å²) < 4.78 is 1.07. The lowest BCUT2D eigenvalue weighted by Gasteiger charge is -1.91. The van der Waals surface area contributed by atoms with Crippen molar-refractivity contribution < 1.29 is 4.84 Å². The molecule has 1 heterocycles. The van der Waals surface area contributed by atoms with E-state index in [1.165, 1.54) is 0 Å². The van der Waals surface area contributed by atoms with Crippen molar-refractivity contribution >= 4 is 26.8 Å². The van der Waals surface area contributed by atoms with Crippen LogP contribution in [0.3, 0.4) is 0 Å². The molecule has 0 saturated carbocycles. The van der Waals surface area contributed by atoms with Crippen molar-refractivity contribution in [1.82, 2.24) is 4.98 Å². The molecule has 3 N–H and O–H groups in total. The molecule has 68 valence electrons. The van der Waals surface area contributed by atoms with Crippen molar-refractivity contribution in [2.45, 2.75) is 6.61 Å². The zero-order chi connectivity index (χ0) is 9.26. The molecule has 0 radical (unpaired) electrons. The number of fused-ring (bicyclic) bond motifs is 1. The first-order valence-electron chi connectivity index (χ1n) is 3.89. The van der Waals surface area contributed by atoms with Gasteiger partial charge in [-0.3, -0.25) is 4.84 Å². The zero-order valence-corrected chi connectivity index (χ0v) is 8.47. The van der Waals surface area contributed by atoms with Gasteiger partial charge >= 0.3 is 0 Å². The molecule has 3 nitrogen and oxygen atoms in total. The van der Waals surface area contributed by atoms with Gasteiger partial charge in [-0.05, 0) is 18.2 Å². The highest BCUT2D eigenvalue weighted by molar-refractivity contribution is 9.10. The fraction of sp³-hybridized carbons (Fsp3) is 0.111. The van der Waals surface area contributed by atoms with Crippen molar-refractivity contribution in [2.24, 2.45) is 5.90 Å². The fourth-order valence-corrected chi connectivity index (χ4v) is 1.82. The van der Waals surface area contributed by atoms with E-state index in [-0.39, 0.29) is 0 Å². The van der Waals surface area contributed by atoms with Crippen LogP contribution in [0.25, 0.3) is 10.9 Å². The molecule has 0 aliphatic rings. The predicted molar refractivity (Wildman–Crippen MR) is 55.0 cm³/mol. The number of nitrogens with one attached hydrogen (secondary N) is 1. The molecule has 4 heteroatoms. The summed E-state index contributed by atoms with van der Waals surface area (Å²) in [5, 5.41) is 1.15. The predicted octanol–water partition coefficient (Wildman–Crippen LogP) is 2.32. The molecule has 2 rings (SSSR count). The smallest absolute Gasteiger partial charge is 0.108 e. The highest BCUT2D eigenvalue weighted by atomic mass is 79.9. The second-order valence-corrected chi connectivity index (χ2v) is 3.66. The Balaban J connectivity index is 2.55. The first-order valence-corrected chi connectivity index (χ1v) is 4.68. The van der Waals surface area contributed by atoms with Crippen molar-refractivity contribution in [1.29, 1.82) is 0 Å². The van der Waals surface area contributed by atoms with E-state index < -0.39 is 0 Å². The van der Waals surface area contributed by atoms with Crippen LogP contribution in [-0.2, 0) is 11.4 Å². The van der Waals surface area contributed by atoms with Crippen LogP contribution in [0.15, 0.2) is 28.7 Å². The maximum Gasteiger partial charge on any atom is 0.108 e. The number of nitrogens with two attached hydrogens (primary N) is 1. The number of benzene rings is 1. The van der Waals surface area contributed by atoms with Gasteiger partial charge in [0.15, 0.2) is 0 Å². The van der Waals surface area contributed by atoms with Crippen LogP contribution in [0.2, 0.25) is 0 Å². The average molecular weight is 241 g/mol. The first-order chi connectivity index (χ1) is 6.31. The summed E-state index contributed by atoms with van der Waals surface area (Å²) in [5.74, 6) is 4.99. The van der Waals surface area contributed by atoms with E-state index in [0.717, 1.165) is 21.1 Å². The number of H-pyrrole nitrogens is 1. The molecule has 13 heavy (non-hydrogen) atoms. The molecule has 0 spiro atoms.